The van der Waals surface area contributed by atoms with Crippen LogP contribution in [0.25, 0.3) is 6.08 Å². The lowest BCUT2D eigenvalue weighted by Crippen LogP contribution is -2.30. The molecule has 3 N–H and O–H groups in total. The van der Waals surface area contributed by atoms with Crippen molar-refractivity contribution in [2.24, 2.45) is 0 Å². The zero-order chi connectivity index (χ0) is 32.1. The Morgan fingerprint density at radius 2 is 1.26 bits per heavy atom. The van der Waals surface area contributed by atoms with Gasteiger partial charge in [-0.25, -0.2) is 0 Å². The van der Waals surface area contributed by atoms with Crippen LogP contribution in [0.4, 0.5) is 11.4 Å². The Morgan fingerprint density at radius 1 is 0.674 bits per heavy atom. The highest BCUT2D eigenvalue weighted by Gasteiger charge is 2.16. The van der Waals surface area contributed by atoms with Crippen molar-refractivity contribution < 1.29 is 23.9 Å². The topological polar surface area (TPSA) is 106 Å². The third-order valence-electron chi connectivity index (χ3n) is 6.57. The van der Waals surface area contributed by atoms with E-state index in [9.17, 15) is 14.4 Å². The zero-order valence-corrected chi connectivity index (χ0v) is 25.8. The largest absolute Gasteiger partial charge is 0.496 e. The van der Waals surface area contributed by atoms with E-state index < -0.39 is 11.8 Å². The Balaban J connectivity index is 1.17. The van der Waals surface area contributed by atoms with Crippen molar-refractivity contribution in [3.8, 4) is 17.2 Å². The first-order chi connectivity index (χ1) is 22.5. The van der Waals surface area contributed by atoms with E-state index >= 15 is 0 Å². The van der Waals surface area contributed by atoms with Crippen molar-refractivity contribution in [3.63, 3.8) is 0 Å². The molecule has 0 aliphatic heterocycles. The van der Waals surface area contributed by atoms with Gasteiger partial charge in [0.25, 0.3) is 11.8 Å². The number of carbonyl (C=O) groups excluding carboxylic acids is 3. The summed E-state index contributed by atoms with van der Waals surface area (Å²) in [5, 5.41) is 8.46. The number of rotatable bonds is 12. The fraction of sp³-hybridized carbons (Fsp3) is 0.0541. The molecule has 5 aromatic rings. The molecule has 0 saturated carbocycles. The first-order valence-corrected chi connectivity index (χ1v) is 15.3. The summed E-state index contributed by atoms with van der Waals surface area (Å²) in [6, 6.07) is 39.6. The molecule has 0 radical (unpaired) electrons. The van der Waals surface area contributed by atoms with Crippen molar-refractivity contribution in [2.75, 3.05) is 23.5 Å². The van der Waals surface area contributed by atoms with Crippen molar-refractivity contribution >= 4 is 46.9 Å². The van der Waals surface area contributed by atoms with Crippen molar-refractivity contribution in [3.05, 3.63) is 150 Å². The molecule has 0 unspecified atom stereocenters. The van der Waals surface area contributed by atoms with Crippen LogP contribution in [0.5, 0.6) is 17.2 Å². The molecule has 0 atom stereocenters. The van der Waals surface area contributed by atoms with Gasteiger partial charge in [-0.05, 0) is 84.9 Å². The van der Waals surface area contributed by atoms with Crippen LogP contribution in [0.15, 0.2) is 144 Å². The van der Waals surface area contributed by atoms with E-state index in [0.29, 0.717) is 34.0 Å². The van der Waals surface area contributed by atoms with Crippen LogP contribution in [0.1, 0.15) is 15.9 Å². The molecule has 0 fully saturated rings. The van der Waals surface area contributed by atoms with E-state index in [1.165, 1.54) is 18.9 Å². The van der Waals surface area contributed by atoms with Gasteiger partial charge in [0, 0.05) is 27.4 Å². The van der Waals surface area contributed by atoms with Gasteiger partial charge in [-0.15, -0.1) is 11.8 Å². The number of thioether (sulfide) groups is 1. The predicted molar refractivity (Wildman–Crippen MR) is 182 cm³/mol. The average molecular weight is 630 g/mol. The van der Waals surface area contributed by atoms with Gasteiger partial charge < -0.3 is 25.4 Å². The maximum atomic E-state index is 13.4. The third-order valence-corrected chi connectivity index (χ3v) is 7.58. The molecule has 0 aromatic heterocycles. The molecule has 3 amide bonds. The number of ether oxygens (including phenoxy) is 2. The normalized spacial score (nSPS) is 10.8. The van der Waals surface area contributed by atoms with Gasteiger partial charge in [-0.3, -0.25) is 14.4 Å². The second-order valence-electron chi connectivity index (χ2n) is 9.87. The summed E-state index contributed by atoms with van der Waals surface area (Å²) in [4.78, 5) is 39.7. The second-order valence-corrected chi connectivity index (χ2v) is 10.9. The monoisotopic (exact) mass is 629 g/mol. The molecule has 0 heterocycles. The second kappa shape index (κ2) is 15.8. The van der Waals surface area contributed by atoms with Crippen LogP contribution in [-0.2, 0) is 9.59 Å². The van der Waals surface area contributed by atoms with Crippen LogP contribution in [0.3, 0.4) is 0 Å². The van der Waals surface area contributed by atoms with Gasteiger partial charge in [-0.2, -0.15) is 0 Å². The van der Waals surface area contributed by atoms with E-state index in [4.69, 9.17) is 9.47 Å². The maximum Gasteiger partial charge on any atom is 0.272 e. The van der Waals surface area contributed by atoms with Crippen molar-refractivity contribution in [2.45, 2.75) is 4.90 Å². The third kappa shape index (κ3) is 9.10. The molecule has 5 aromatic carbocycles. The summed E-state index contributed by atoms with van der Waals surface area (Å²) < 4.78 is 11.2. The van der Waals surface area contributed by atoms with Gasteiger partial charge in [0.05, 0.1) is 12.9 Å². The number of anilines is 2. The van der Waals surface area contributed by atoms with Crippen molar-refractivity contribution in [1.82, 2.24) is 5.32 Å². The Bertz CT molecular complexity index is 1810. The molecule has 9 heteroatoms. The molecular weight excluding hydrogens is 598 g/mol. The molecule has 230 valence electrons. The van der Waals surface area contributed by atoms with Crippen molar-refractivity contribution in [1.29, 1.82) is 0 Å². The summed E-state index contributed by atoms with van der Waals surface area (Å²) in [7, 11) is 1.54. The molecule has 0 aliphatic carbocycles. The summed E-state index contributed by atoms with van der Waals surface area (Å²) in [5.74, 6) is 1.09. The molecule has 0 bridgehead atoms. The smallest absolute Gasteiger partial charge is 0.272 e. The minimum absolute atomic E-state index is 0.0492. The van der Waals surface area contributed by atoms with Crippen LogP contribution < -0.4 is 25.4 Å². The number of para-hydroxylation sites is 2. The van der Waals surface area contributed by atoms with Crippen LogP contribution in [-0.4, -0.2) is 30.6 Å². The van der Waals surface area contributed by atoms with Crippen LogP contribution in [0, 0.1) is 0 Å². The molecular formula is C37H31N3O5S. The zero-order valence-electron chi connectivity index (χ0n) is 24.9. The molecule has 0 aliphatic rings. The highest BCUT2D eigenvalue weighted by molar-refractivity contribution is 8.00. The molecule has 0 spiro atoms. The number of carbonyl (C=O) groups is 3. The summed E-state index contributed by atoms with van der Waals surface area (Å²) >= 11 is 1.37. The first-order valence-electron chi connectivity index (χ1n) is 14.3. The average Bonchev–Trinajstić information content (AvgIpc) is 3.09. The Kier molecular flexibility index (Phi) is 10.8. The lowest BCUT2D eigenvalue weighted by molar-refractivity contribution is -0.114. The van der Waals surface area contributed by atoms with Crippen LogP contribution in [0.2, 0.25) is 0 Å². The van der Waals surface area contributed by atoms with E-state index in [1.807, 2.05) is 60.7 Å². The predicted octanol–water partition coefficient (Wildman–Crippen LogP) is 7.63. The number of nitrogens with one attached hydrogen (secondary N) is 3. The quantitative estimate of drug-likeness (QED) is 0.0968. The number of hydrogen-bond donors (Lipinski definition) is 3. The summed E-state index contributed by atoms with van der Waals surface area (Å²) in [6.45, 7) is 0. The summed E-state index contributed by atoms with van der Waals surface area (Å²) in [5.41, 5.74) is 2.29. The standard InChI is InChI=1S/C37H31N3O5S/c1-44-34-15-9-8-12-27(34)24-33(40-36(42)26-10-4-2-5-11-26)37(43)39-29-18-22-32(23-19-29)46-25-35(41)38-28-16-20-31(21-17-28)45-30-13-6-3-7-14-30/h2-24H,25H2,1H3,(H,38,41)(H,39,43)(H,40,42)/b33-24-. The number of benzene rings is 5. The van der Waals surface area contributed by atoms with E-state index in [2.05, 4.69) is 16.0 Å². The molecule has 8 nitrogen and oxygen atoms in total. The first kappa shape index (κ1) is 31.6. The maximum absolute atomic E-state index is 13.4. The lowest BCUT2D eigenvalue weighted by Gasteiger charge is -2.13. The Hall–Kier alpha value is -5.80. The number of amides is 3. The molecule has 46 heavy (non-hydrogen) atoms. The minimum Gasteiger partial charge on any atom is -0.496 e. The molecule has 5 rings (SSSR count). The lowest BCUT2D eigenvalue weighted by atomic mass is 10.1. The van der Waals surface area contributed by atoms with E-state index in [1.54, 1.807) is 78.9 Å². The fourth-order valence-electron chi connectivity index (χ4n) is 4.29. The van der Waals surface area contributed by atoms with Gasteiger partial charge in [0.2, 0.25) is 5.91 Å². The van der Waals surface area contributed by atoms with Gasteiger partial charge >= 0.3 is 0 Å². The van der Waals surface area contributed by atoms with Gasteiger partial charge in [0.15, 0.2) is 0 Å². The minimum atomic E-state index is -0.504. The Morgan fingerprint density at radius 3 is 1.96 bits per heavy atom. The van der Waals surface area contributed by atoms with Gasteiger partial charge in [0.1, 0.15) is 22.9 Å². The number of methoxy groups -OCH3 is 1. The highest BCUT2D eigenvalue weighted by Crippen LogP contribution is 2.25. The van der Waals surface area contributed by atoms with Gasteiger partial charge in [-0.1, -0.05) is 54.6 Å². The summed E-state index contributed by atoms with van der Waals surface area (Å²) in [6.07, 6.45) is 1.57. The SMILES string of the molecule is COc1ccccc1/C=C(\NC(=O)c1ccccc1)C(=O)Nc1ccc(SCC(=O)Nc2ccc(Oc3ccccc3)cc2)cc1. The van der Waals surface area contributed by atoms with Crippen LogP contribution >= 0.6 is 11.8 Å². The van der Waals surface area contributed by atoms with E-state index in [0.717, 1.165) is 10.6 Å². The fourth-order valence-corrected chi connectivity index (χ4v) is 4.99. The Labute approximate surface area is 271 Å². The highest BCUT2D eigenvalue weighted by atomic mass is 32.2. The molecule has 0 saturated heterocycles. The van der Waals surface area contributed by atoms with E-state index in [-0.39, 0.29) is 17.4 Å². The number of hydrogen-bond acceptors (Lipinski definition) is 6.